The van der Waals surface area contributed by atoms with Gasteiger partial charge in [0, 0.05) is 21.5 Å². The fraction of sp³-hybridized carbons (Fsp3) is 0.0476. The van der Waals surface area contributed by atoms with Crippen molar-refractivity contribution in [2.75, 3.05) is 11.1 Å². The van der Waals surface area contributed by atoms with E-state index in [0.717, 1.165) is 17.4 Å². The number of thiophene rings is 1. The van der Waals surface area contributed by atoms with E-state index in [0.29, 0.717) is 21.0 Å². The third-order valence-corrected chi connectivity index (χ3v) is 5.47. The summed E-state index contributed by atoms with van der Waals surface area (Å²) in [6.07, 6.45) is 1.75. The average Bonchev–Trinajstić information content (AvgIpc) is 3.10. The first-order chi connectivity index (χ1) is 14.2. The van der Waals surface area contributed by atoms with Crippen LogP contribution in [-0.4, -0.2) is 17.0 Å². The predicted octanol–water partition coefficient (Wildman–Crippen LogP) is 6.22. The second-order valence-corrected chi connectivity index (χ2v) is 7.69. The molecule has 0 fully saturated rings. The molecule has 1 aromatic heterocycles. The number of benzene rings is 2. The number of allylic oxidation sites excluding steroid dienone is 1. The highest BCUT2D eigenvalue weighted by molar-refractivity contribution is 7.80. The van der Waals surface area contributed by atoms with Crippen molar-refractivity contribution in [3.8, 4) is 10.4 Å². The number of carbonyl (C=O) groups is 2. The van der Waals surface area contributed by atoms with Gasteiger partial charge in [0.2, 0.25) is 0 Å². The first kappa shape index (κ1) is 23.5. The molecular weight excluding hydrogens is 447 g/mol. The molecule has 0 atom stereocenters. The Hall–Kier alpha value is -2.81. The Morgan fingerprint density at radius 2 is 1.97 bits per heavy atom. The minimum atomic E-state index is -1.25. The quantitative estimate of drug-likeness (QED) is 0.209. The molecule has 30 heavy (non-hydrogen) atoms. The standard InChI is InChI=1S/C18H12ClFN2O3S2.C3H6/c19-10-3-1-8(5-11(10)20)16-15(18(24)25)13(7-27-16)22-17(23)9-2-4-14(26)12(21)6-9;1-3-2/h1-7,26H,21H2,(H,22,23)(H,24,25);3H,1H2,2H3. The lowest BCUT2D eigenvalue weighted by Gasteiger charge is -2.08. The predicted molar refractivity (Wildman–Crippen MR) is 124 cm³/mol. The fourth-order valence-electron chi connectivity index (χ4n) is 2.40. The van der Waals surface area contributed by atoms with E-state index in [1.165, 1.54) is 29.6 Å². The molecule has 3 aromatic rings. The topological polar surface area (TPSA) is 92.4 Å². The highest BCUT2D eigenvalue weighted by Crippen LogP contribution is 2.37. The van der Waals surface area contributed by atoms with Gasteiger partial charge in [-0.25, -0.2) is 9.18 Å². The number of nitrogen functional groups attached to an aromatic ring is 1. The number of carboxylic acid groups (broad SMARTS) is 1. The number of carboxylic acids is 1. The maximum Gasteiger partial charge on any atom is 0.339 e. The molecule has 0 saturated carbocycles. The average molecular weight is 465 g/mol. The molecule has 1 amide bonds. The van der Waals surface area contributed by atoms with Gasteiger partial charge in [-0.05, 0) is 42.8 Å². The molecule has 0 radical (unpaired) electrons. The van der Waals surface area contributed by atoms with E-state index in [-0.39, 0.29) is 21.8 Å². The van der Waals surface area contributed by atoms with Crippen molar-refractivity contribution in [2.24, 2.45) is 0 Å². The van der Waals surface area contributed by atoms with Crippen molar-refractivity contribution >= 4 is 58.8 Å². The number of amides is 1. The molecule has 0 unspecified atom stereocenters. The van der Waals surface area contributed by atoms with Gasteiger partial charge in [-0.1, -0.05) is 23.7 Å². The van der Waals surface area contributed by atoms with Crippen molar-refractivity contribution in [3.05, 3.63) is 76.4 Å². The molecule has 0 aliphatic heterocycles. The van der Waals surface area contributed by atoms with Gasteiger partial charge in [-0.3, -0.25) is 4.79 Å². The summed E-state index contributed by atoms with van der Waals surface area (Å²) in [4.78, 5) is 25.0. The summed E-state index contributed by atoms with van der Waals surface area (Å²) in [5.41, 5.74) is 6.65. The molecular formula is C21H18ClFN2O3S2. The van der Waals surface area contributed by atoms with Gasteiger partial charge >= 0.3 is 5.97 Å². The number of hydrogen-bond acceptors (Lipinski definition) is 5. The summed E-state index contributed by atoms with van der Waals surface area (Å²) < 4.78 is 13.7. The maximum absolute atomic E-state index is 13.7. The van der Waals surface area contributed by atoms with E-state index in [9.17, 15) is 19.1 Å². The highest BCUT2D eigenvalue weighted by Gasteiger charge is 2.22. The number of hydrogen-bond donors (Lipinski definition) is 4. The molecule has 3 rings (SSSR count). The summed E-state index contributed by atoms with van der Waals surface area (Å²) in [6, 6.07) is 8.55. The Balaban J connectivity index is 0.00000101. The van der Waals surface area contributed by atoms with Gasteiger partial charge in [-0.15, -0.1) is 30.5 Å². The Morgan fingerprint density at radius 3 is 2.53 bits per heavy atom. The highest BCUT2D eigenvalue weighted by atomic mass is 35.5. The lowest BCUT2D eigenvalue weighted by molar-refractivity contribution is 0.0699. The van der Waals surface area contributed by atoms with Crippen molar-refractivity contribution in [2.45, 2.75) is 11.8 Å². The van der Waals surface area contributed by atoms with Gasteiger partial charge in [0.15, 0.2) is 0 Å². The first-order valence-electron chi connectivity index (χ1n) is 8.46. The summed E-state index contributed by atoms with van der Waals surface area (Å²) in [7, 11) is 0. The number of nitrogens with one attached hydrogen (secondary N) is 1. The third kappa shape index (κ3) is 5.41. The van der Waals surface area contributed by atoms with Crippen LogP contribution >= 0.6 is 35.6 Å². The molecule has 0 spiro atoms. The molecule has 156 valence electrons. The second kappa shape index (κ2) is 10.3. The normalized spacial score (nSPS) is 10.0. The van der Waals surface area contributed by atoms with Crippen molar-refractivity contribution in [1.29, 1.82) is 0 Å². The molecule has 0 aliphatic carbocycles. The van der Waals surface area contributed by atoms with Crippen LogP contribution in [0.4, 0.5) is 15.8 Å². The summed E-state index contributed by atoms with van der Waals surface area (Å²) >= 11 is 10.9. The van der Waals surface area contributed by atoms with Crippen LogP contribution in [0.1, 0.15) is 27.6 Å². The molecule has 0 bridgehead atoms. The lowest BCUT2D eigenvalue weighted by Crippen LogP contribution is -2.14. The number of halogens is 2. The fourth-order valence-corrected chi connectivity index (χ4v) is 3.65. The number of aromatic carboxylic acids is 1. The Labute approximate surface area is 187 Å². The molecule has 9 heteroatoms. The van der Waals surface area contributed by atoms with Gasteiger partial charge < -0.3 is 16.2 Å². The zero-order chi connectivity index (χ0) is 22.4. The Morgan fingerprint density at radius 1 is 1.30 bits per heavy atom. The van der Waals surface area contributed by atoms with E-state index in [2.05, 4.69) is 24.5 Å². The zero-order valence-corrected chi connectivity index (χ0v) is 18.2. The van der Waals surface area contributed by atoms with Crippen molar-refractivity contribution in [3.63, 3.8) is 0 Å². The molecule has 0 aliphatic rings. The van der Waals surface area contributed by atoms with Crippen LogP contribution in [-0.2, 0) is 0 Å². The van der Waals surface area contributed by atoms with Crippen molar-refractivity contribution in [1.82, 2.24) is 0 Å². The SMILES string of the molecule is C=CC.Nc1cc(C(=O)Nc2csc(-c3ccc(Cl)c(F)c3)c2C(=O)O)ccc1S. The number of rotatable bonds is 4. The molecule has 4 N–H and O–H groups in total. The first-order valence-corrected chi connectivity index (χ1v) is 10.2. The third-order valence-electron chi connectivity index (χ3n) is 3.72. The zero-order valence-electron chi connectivity index (χ0n) is 15.8. The Kier molecular flexibility index (Phi) is 8.05. The largest absolute Gasteiger partial charge is 0.478 e. The van der Waals surface area contributed by atoms with E-state index in [1.54, 1.807) is 12.1 Å². The number of carbonyl (C=O) groups excluding carboxylic acids is 1. The summed E-state index contributed by atoms with van der Waals surface area (Å²) in [5.74, 6) is -2.43. The summed E-state index contributed by atoms with van der Waals surface area (Å²) in [6.45, 7) is 5.25. The minimum absolute atomic E-state index is 0.0640. The van der Waals surface area contributed by atoms with E-state index < -0.39 is 17.7 Å². The van der Waals surface area contributed by atoms with Crippen LogP contribution in [0, 0.1) is 5.82 Å². The van der Waals surface area contributed by atoms with Gasteiger partial charge in [0.25, 0.3) is 5.91 Å². The van der Waals surface area contributed by atoms with E-state index in [1.807, 2.05) is 6.92 Å². The van der Waals surface area contributed by atoms with Gasteiger partial charge in [0.1, 0.15) is 11.4 Å². The van der Waals surface area contributed by atoms with Gasteiger partial charge in [-0.2, -0.15) is 0 Å². The van der Waals surface area contributed by atoms with Crippen LogP contribution in [0.15, 0.2) is 59.3 Å². The summed E-state index contributed by atoms with van der Waals surface area (Å²) in [5, 5.41) is 13.6. The van der Waals surface area contributed by atoms with Crippen LogP contribution < -0.4 is 11.1 Å². The molecule has 5 nitrogen and oxygen atoms in total. The van der Waals surface area contributed by atoms with Crippen molar-refractivity contribution < 1.29 is 19.1 Å². The van der Waals surface area contributed by atoms with Crippen LogP contribution in [0.2, 0.25) is 5.02 Å². The van der Waals surface area contributed by atoms with E-state index >= 15 is 0 Å². The van der Waals surface area contributed by atoms with Crippen LogP contribution in [0.25, 0.3) is 10.4 Å². The smallest absolute Gasteiger partial charge is 0.339 e. The number of nitrogens with two attached hydrogens (primary N) is 1. The van der Waals surface area contributed by atoms with E-state index in [4.69, 9.17) is 17.3 Å². The van der Waals surface area contributed by atoms with Crippen LogP contribution in [0.3, 0.4) is 0 Å². The minimum Gasteiger partial charge on any atom is -0.478 e. The molecule has 2 aromatic carbocycles. The lowest BCUT2D eigenvalue weighted by atomic mass is 10.1. The van der Waals surface area contributed by atoms with Crippen LogP contribution in [0.5, 0.6) is 0 Å². The monoisotopic (exact) mass is 464 g/mol. The maximum atomic E-state index is 13.7. The molecule has 0 saturated heterocycles. The Bertz CT molecular complexity index is 1120. The van der Waals surface area contributed by atoms with Gasteiger partial charge in [0.05, 0.1) is 15.6 Å². The second-order valence-electron chi connectivity index (χ2n) is 5.92. The number of thiol groups is 1. The number of anilines is 2. The molecule has 1 heterocycles.